The van der Waals surface area contributed by atoms with E-state index in [9.17, 15) is 4.79 Å². The Morgan fingerprint density at radius 2 is 1.87 bits per heavy atom. The van der Waals surface area contributed by atoms with Gasteiger partial charge in [-0.2, -0.15) is 5.10 Å². The number of nitrogens with one attached hydrogen (secondary N) is 1. The molecule has 1 N–H and O–H groups in total. The third-order valence-electron chi connectivity index (χ3n) is 4.47. The van der Waals surface area contributed by atoms with Crippen LogP contribution in [0.3, 0.4) is 0 Å². The zero-order chi connectivity index (χ0) is 21.5. The minimum absolute atomic E-state index is 0.197. The van der Waals surface area contributed by atoms with E-state index in [1.54, 1.807) is 6.21 Å². The summed E-state index contributed by atoms with van der Waals surface area (Å²) in [6.45, 7) is 7.01. The zero-order valence-electron chi connectivity index (χ0n) is 17.2. The average Bonchev–Trinajstić information content (AvgIpc) is 3.16. The Balaban J connectivity index is 1.56. The molecule has 0 radical (unpaired) electrons. The Morgan fingerprint density at radius 3 is 2.50 bits per heavy atom. The van der Waals surface area contributed by atoms with Crippen molar-refractivity contribution in [2.75, 3.05) is 5.75 Å². The maximum absolute atomic E-state index is 12.1. The van der Waals surface area contributed by atoms with E-state index in [0.29, 0.717) is 22.6 Å². The van der Waals surface area contributed by atoms with Gasteiger partial charge in [-0.1, -0.05) is 61.5 Å². The number of rotatable bonds is 8. The minimum atomic E-state index is -0.200. The van der Waals surface area contributed by atoms with E-state index < -0.39 is 0 Å². The monoisotopic (exact) mass is 441 g/mol. The van der Waals surface area contributed by atoms with Crippen LogP contribution >= 0.6 is 23.4 Å². The van der Waals surface area contributed by atoms with Gasteiger partial charge in [0.05, 0.1) is 12.0 Å². The highest BCUT2D eigenvalue weighted by molar-refractivity contribution is 7.99. The predicted octanol–water partition coefficient (Wildman–Crippen LogP) is 4.98. The first-order valence-electron chi connectivity index (χ1n) is 9.71. The van der Waals surface area contributed by atoms with E-state index in [0.717, 1.165) is 17.0 Å². The number of carbonyl (C=O) groups excluding carboxylic acids is 1. The van der Waals surface area contributed by atoms with Gasteiger partial charge in [-0.3, -0.25) is 4.79 Å². The molecule has 8 heteroatoms. The van der Waals surface area contributed by atoms with Gasteiger partial charge in [0.25, 0.3) is 5.91 Å². The van der Waals surface area contributed by atoms with Crippen molar-refractivity contribution in [1.82, 2.24) is 20.2 Å². The van der Waals surface area contributed by atoms with E-state index in [-0.39, 0.29) is 11.7 Å². The number of thioether (sulfide) groups is 1. The quantitative estimate of drug-likeness (QED) is 0.304. The largest absolute Gasteiger partial charge is 0.302 e. The summed E-state index contributed by atoms with van der Waals surface area (Å²) in [6, 6.07) is 15.6. The third-order valence-corrected chi connectivity index (χ3v) is 5.69. The van der Waals surface area contributed by atoms with Crippen molar-refractivity contribution in [2.45, 2.75) is 38.4 Å². The van der Waals surface area contributed by atoms with Crippen molar-refractivity contribution < 1.29 is 4.79 Å². The molecule has 0 saturated carbocycles. The number of amides is 1. The first-order chi connectivity index (χ1) is 14.5. The minimum Gasteiger partial charge on any atom is -0.302 e. The predicted molar refractivity (Wildman–Crippen MR) is 123 cm³/mol. The Kier molecular flexibility index (Phi) is 7.65. The first-order valence-corrected chi connectivity index (χ1v) is 11.1. The second-order valence-corrected chi connectivity index (χ2v) is 8.34. The summed E-state index contributed by atoms with van der Waals surface area (Å²) in [5, 5.41) is 13.9. The lowest BCUT2D eigenvalue weighted by Gasteiger charge is -2.07. The van der Waals surface area contributed by atoms with Crippen molar-refractivity contribution in [3.8, 4) is 11.4 Å². The Morgan fingerprint density at radius 1 is 1.17 bits per heavy atom. The molecule has 0 fully saturated rings. The van der Waals surface area contributed by atoms with Crippen LogP contribution in [-0.4, -0.2) is 32.6 Å². The van der Waals surface area contributed by atoms with Crippen LogP contribution in [-0.2, 0) is 11.3 Å². The lowest BCUT2D eigenvalue weighted by atomic mass is 10.0. The van der Waals surface area contributed by atoms with Crippen molar-refractivity contribution in [3.63, 3.8) is 0 Å². The number of halogens is 1. The Hall–Kier alpha value is -2.64. The van der Waals surface area contributed by atoms with Crippen LogP contribution in [0.1, 0.15) is 37.8 Å². The standard InChI is InChI=1S/C22H24ClN5OS/c1-4-28-21(18-9-11-19(23)12-10-18)26-27-22(28)30-14-20(29)25-24-13-16-5-7-17(8-6-16)15(2)3/h5-13,15H,4,14H2,1-3H3,(H,25,29)/b24-13-. The topological polar surface area (TPSA) is 72.2 Å². The van der Waals surface area contributed by atoms with Gasteiger partial charge in [-0.15, -0.1) is 10.2 Å². The summed E-state index contributed by atoms with van der Waals surface area (Å²) < 4.78 is 1.97. The first kappa shape index (κ1) is 22.1. The van der Waals surface area contributed by atoms with Gasteiger partial charge in [0.2, 0.25) is 0 Å². The summed E-state index contributed by atoms with van der Waals surface area (Å²) in [6.07, 6.45) is 1.64. The van der Waals surface area contributed by atoms with Crippen LogP contribution in [0.25, 0.3) is 11.4 Å². The Bertz CT molecular complexity index is 1010. The highest BCUT2D eigenvalue weighted by Gasteiger charge is 2.14. The lowest BCUT2D eigenvalue weighted by molar-refractivity contribution is -0.118. The van der Waals surface area contributed by atoms with Crippen LogP contribution in [0.2, 0.25) is 5.02 Å². The zero-order valence-corrected chi connectivity index (χ0v) is 18.7. The van der Waals surface area contributed by atoms with Crippen LogP contribution in [0, 0.1) is 0 Å². The molecule has 156 valence electrons. The molecular formula is C22H24ClN5OS. The molecule has 0 aliphatic carbocycles. The number of nitrogens with zero attached hydrogens (tertiary/aromatic N) is 4. The number of aromatic nitrogens is 3. The van der Waals surface area contributed by atoms with Gasteiger partial charge in [0.1, 0.15) is 0 Å². The molecule has 0 saturated heterocycles. The molecule has 3 aromatic rings. The fourth-order valence-electron chi connectivity index (χ4n) is 2.80. The molecule has 3 rings (SSSR count). The molecule has 2 aromatic carbocycles. The van der Waals surface area contributed by atoms with Gasteiger partial charge < -0.3 is 4.57 Å². The third kappa shape index (κ3) is 5.70. The molecular weight excluding hydrogens is 418 g/mol. The normalized spacial score (nSPS) is 11.4. The Labute approximate surface area is 185 Å². The van der Waals surface area contributed by atoms with Gasteiger partial charge in [0, 0.05) is 17.1 Å². The second kappa shape index (κ2) is 10.4. The average molecular weight is 442 g/mol. The van der Waals surface area contributed by atoms with Crippen molar-refractivity contribution in [3.05, 3.63) is 64.7 Å². The van der Waals surface area contributed by atoms with E-state index in [4.69, 9.17) is 11.6 Å². The number of benzene rings is 2. The molecule has 1 aromatic heterocycles. The molecule has 0 bridgehead atoms. The van der Waals surface area contributed by atoms with Crippen molar-refractivity contribution in [1.29, 1.82) is 0 Å². The van der Waals surface area contributed by atoms with E-state index >= 15 is 0 Å². The maximum Gasteiger partial charge on any atom is 0.250 e. The highest BCUT2D eigenvalue weighted by Crippen LogP contribution is 2.25. The SMILES string of the molecule is CCn1c(SCC(=O)N/N=C\c2ccc(C(C)C)cc2)nnc1-c1ccc(Cl)cc1. The lowest BCUT2D eigenvalue weighted by Crippen LogP contribution is -2.20. The van der Waals surface area contributed by atoms with Crippen LogP contribution < -0.4 is 5.43 Å². The number of hydrazone groups is 1. The molecule has 0 aliphatic heterocycles. The molecule has 1 amide bonds. The fraction of sp³-hybridized carbons (Fsp3) is 0.273. The van der Waals surface area contributed by atoms with Crippen molar-refractivity contribution in [2.24, 2.45) is 5.10 Å². The second-order valence-electron chi connectivity index (χ2n) is 6.96. The molecule has 0 atom stereocenters. The summed E-state index contributed by atoms with van der Waals surface area (Å²) in [7, 11) is 0. The molecule has 0 unspecified atom stereocenters. The molecule has 0 aliphatic rings. The van der Waals surface area contributed by atoms with E-state index in [1.165, 1.54) is 17.3 Å². The van der Waals surface area contributed by atoms with Gasteiger partial charge >= 0.3 is 0 Å². The van der Waals surface area contributed by atoms with Crippen molar-refractivity contribution >= 4 is 35.5 Å². The van der Waals surface area contributed by atoms with Gasteiger partial charge in [-0.05, 0) is 48.2 Å². The number of hydrogen-bond acceptors (Lipinski definition) is 5. The smallest absolute Gasteiger partial charge is 0.250 e. The van der Waals surface area contributed by atoms with Crippen LogP contribution in [0.4, 0.5) is 0 Å². The van der Waals surface area contributed by atoms with Crippen LogP contribution in [0.15, 0.2) is 58.8 Å². The van der Waals surface area contributed by atoms with E-state index in [1.807, 2.05) is 47.9 Å². The summed E-state index contributed by atoms with van der Waals surface area (Å²) in [5.41, 5.74) is 5.69. The van der Waals surface area contributed by atoms with Gasteiger partial charge in [0.15, 0.2) is 11.0 Å². The number of carbonyl (C=O) groups is 1. The molecule has 6 nitrogen and oxygen atoms in total. The van der Waals surface area contributed by atoms with E-state index in [2.05, 4.69) is 46.7 Å². The van der Waals surface area contributed by atoms with Gasteiger partial charge in [-0.25, -0.2) is 5.43 Å². The summed E-state index contributed by atoms with van der Waals surface area (Å²) in [4.78, 5) is 12.1. The molecule has 1 heterocycles. The maximum atomic E-state index is 12.1. The summed E-state index contributed by atoms with van der Waals surface area (Å²) in [5.74, 6) is 1.23. The number of hydrogen-bond donors (Lipinski definition) is 1. The molecule has 30 heavy (non-hydrogen) atoms. The highest BCUT2D eigenvalue weighted by atomic mass is 35.5. The van der Waals surface area contributed by atoms with Crippen LogP contribution in [0.5, 0.6) is 0 Å². The molecule has 0 spiro atoms. The summed E-state index contributed by atoms with van der Waals surface area (Å²) >= 11 is 7.29. The fourth-order valence-corrected chi connectivity index (χ4v) is 3.72.